The number of halogens is 1. The molecule has 172 valence electrons. The molecule has 3 heterocycles. The maximum Gasteiger partial charge on any atom is 0.255 e. The number of aryl methyl sites for hydroxylation is 1. The van der Waals surface area contributed by atoms with Gasteiger partial charge in [0.2, 0.25) is 0 Å². The van der Waals surface area contributed by atoms with Crippen molar-refractivity contribution in [2.75, 3.05) is 18.0 Å². The maximum atomic E-state index is 13.4. The van der Waals surface area contributed by atoms with Gasteiger partial charge in [-0.05, 0) is 62.2 Å². The molecular formula is C27H26FN5O. The zero-order valence-corrected chi connectivity index (χ0v) is 19.0. The van der Waals surface area contributed by atoms with Crippen LogP contribution in [0.15, 0.2) is 79.1 Å². The van der Waals surface area contributed by atoms with Gasteiger partial charge < -0.3 is 10.2 Å². The van der Waals surface area contributed by atoms with Crippen LogP contribution in [0.25, 0.3) is 16.9 Å². The Hall–Kier alpha value is -4.00. The molecule has 1 fully saturated rings. The number of aromatic nitrogens is 3. The SMILES string of the molecule is Cc1cccc(-c2nn(-c3ccc(F)cc3)cc2C(=O)NC2CCN(c3ccccn3)CC2)c1. The van der Waals surface area contributed by atoms with Crippen molar-refractivity contribution in [2.24, 2.45) is 0 Å². The molecule has 0 unspecified atom stereocenters. The number of anilines is 1. The number of carbonyl (C=O) groups is 1. The van der Waals surface area contributed by atoms with Crippen molar-refractivity contribution in [2.45, 2.75) is 25.8 Å². The van der Waals surface area contributed by atoms with Gasteiger partial charge in [0.1, 0.15) is 17.3 Å². The van der Waals surface area contributed by atoms with Gasteiger partial charge in [-0.2, -0.15) is 5.10 Å². The molecule has 1 amide bonds. The molecule has 5 rings (SSSR count). The Morgan fingerprint density at radius 1 is 1.03 bits per heavy atom. The van der Waals surface area contributed by atoms with E-state index in [0.717, 1.165) is 42.9 Å². The van der Waals surface area contributed by atoms with E-state index in [-0.39, 0.29) is 17.8 Å². The second-order valence-corrected chi connectivity index (χ2v) is 8.60. The number of hydrogen-bond donors (Lipinski definition) is 1. The van der Waals surface area contributed by atoms with E-state index in [0.29, 0.717) is 16.9 Å². The number of rotatable bonds is 5. The van der Waals surface area contributed by atoms with Gasteiger partial charge >= 0.3 is 0 Å². The van der Waals surface area contributed by atoms with Crippen LogP contribution in [0.5, 0.6) is 0 Å². The zero-order valence-electron chi connectivity index (χ0n) is 19.0. The van der Waals surface area contributed by atoms with Crippen LogP contribution >= 0.6 is 0 Å². The first-order valence-electron chi connectivity index (χ1n) is 11.5. The average molecular weight is 456 g/mol. The highest BCUT2D eigenvalue weighted by atomic mass is 19.1. The summed E-state index contributed by atoms with van der Waals surface area (Å²) in [7, 11) is 0. The number of amides is 1. The van der Waals surface area contributed by atoms with E-state index in [4.69, 9.17) is 5.10 Å². The summed E-state index contributed by atoms with van der Waals surface area (Å²) in [5, 5.41) is 7.91. The lowest BCUT2D eigenvalue weighted by Crippen LogP contribution is -2.45. The van der Waals surface area contributed by atoms with E-state index in [1.54, 1.807) is 29.2 Å². The molecule has 0 radical (unpaired) electrons. The molecule has 2 aromatic carbocycles. The third kappa shape index (κ3) is 4.69. The molecule has 1 aliphatic heterocycles. The van der Waals surface area contributed by atoms with Crippen molar-refractivity contribution in [3.63, 3.8) is 0 Å². The summed E-state index contributed by atoms with van der Waals surface area (Å²) in [5.74, 6) is 0.501. The molecule has 0 bridgehead atoms. The number of hydrogen-bond acceptors (Lipinski definition) is 4. The van der Waals surface area contributed by atoms with Gasteiger partial charge in [0.25, 0.3) is 5.91 Å². The first-order valence-corrected chi connectivity index (χ1v) is 11.5. The Labute approximate surface area is 198 Å². The molecule has 6 nitrogen and oxygen atoms in total. The Balaban J connectivity index is 1.37. The number of pyridine rings is 1. The Morgan fingerprint density at radius 2 is 1.82 bits per heavy atom. The summed E-state index contributed by atoms with van der Waals surface area (Å²) in [6, 6.07) is 20.0. The van der Waals surface area contributed by atoms with Crippen molar-refractivity contribution < 1.29 is 9.18 Å². The van der Waals surface area contributed by atoms with Crippen molar-refractivity contribution in [1.82, 2.24) is 20.1 Å². The highest BCUT2D eigenvalue weighted by Gasteiger charge is 2.25. The second kappa shape index (κ2) is 9.47. The quantitative estimate of drug-likeness (QED) is 0.470. The van der Waals surface area contributed by atoms with Gasteiger partial charge in [-0.15, -0.1) is 0 Å². The van der Waals surface area contributed by atoms with Gasteiger partial charge in [0.15, 0.2) is 0 Å². The molecular weight excluding hydrogens is 429 g/mol. The summed E-state index contributed by atoms with van der Waals surface area (Å²) in [4.78, 5) is 20.1. The summed E-state index contributed by atoms with van der Waals surface area (Å²) in [6.45, 7) is 3.68. The van der Waals surface area contributed by atoms with Crippen LogP contribution in [0.2, 0.25) is 0 Å². The second-order valence-electron chi connectivity index (χ2n) is 8.60. The van der Waals surface area contributed by atoms with Crippen LogP contribution in [0, 0.1) is 12.7 Å². The Bertz CT molecular complexity index is 1280. The van der Waals surface area contributed by atoms with E-state index in [1.807, 2.05) is 49.4 Å². The molecule has 0 spiro atoms. The van der Waals surface area contributed by atoms with Crippen molar-refractivity contribution in [3.8, 4) is 16.9 Å². The molecule has 1 saturated heterocycles. The van der Waals surface area contributed by atoms with E-state index >= 15 is 0 Å². The third-order valence-corrected chi connectivity index (χ3v) is 6.14. The fraction of sp³-hybridized carbons (Fsp3) is 0.222. The predicted octanol–water partition coefficient (Wildman–Crippen LogP) is 4.78. The molecule has 7 heteroatoms. The van der Waals surface area contributed by atoms with Gasteiger partial charge in [-0.3, -0.25) is 4.79 Å². The molecule has 4 aromatic rings. The minimum Gasteiger partial charge on any atom is -0.356 e. The average Bonchev–Trinajstić information content (AvgIpc) is 3.31. The van der Waals surface area contributed by atoms with Gasteiger partial charge in [-0.25, -0.2) is 14.1 Å². The largest absolute Gasteiger partial charge is 0.356 e. The fourth-order valence-electron chi connectivity index (χ4n) is 4.33. The van der Waals surface area contributed by atoms with Crippen molar-refractivity contribution >= 4 is 11.7 Å². The maximum absolute atomic E-state index is 13.4. The fourth-order valence-corrected chi connectivity index (χ4v) is 4.33. The van der Waals surface area contributed by atoms with E-state index in [9.17, 15) is 9.18 Å². The van der Waals surface area contributed by atoms with Crippen molar-refractivity contribution in [3.05, 3.63) is 96.1 Å². The van der Waals surface area contributed by atoms with Crippen LogP contribution in [-0.4, -0.2) is 39.8 Å². The summed E-state index contributed by atoms with van der Waals surface area (Å²) >= 11 is 0. The molecule has 34 heavy (non-hydrogen) atoms. The number of piperidine rings is 1. The lowest BCUT2D eigenvalue weighted by molar-refractivity contribution is 0.0931. The number of benzene rings is 2. The standard InChI is InChI=1S/C27H26FN5O/c1-19-5-4-6-20(17-19)26-24(18-33(31-26)23-10-8-21(28)9-11-23)27(34)30-22-12-15-32(16-13-22)25-7-2-3-14-29-25/h2-11,14,17-18,22H,12-13,15-16H2,1H3,(H,30,34). The molecule has 1 aliphatic rings. The van der Waals surface area contributed by atoms with E-state index < -0.39 is 0 Å². The van der Waals surface area contributed by atoms with Gasteiger partial charge in [0, 0.05) is 37.1 Å². The van der Waals surface area contributed by atoms with Crippen LogP contribution < -0.4 is 10.2 Å². The highest BCUT2D eigenvalue weighted by molar-refractivity contribution is 6.00. The minimum atomic E-state index is -0.315. The smallest absolute Gasteiger partial charge is 0.255 e. The normalized spacial score (nSPS) is 14.2. The molecule has 2 aromatic heterocycles. The molecule has 0 aliphatic carbocycles. The minimum absolute atomic E-state index is 0.0759. The Morgan fingerprint density at radius 3 is 2.53 bits per heavy atom. The lowest BCUT2D eigenvalue weighted by Gasteiger charge is -2.33. The number of nitrogens with one attached hydrogen (secondary N) is 1. The van der Waals surface area contributed by atoms with Crippen LogP contribution in [0.1, 0.15) is 28.8 Å². The first kappa shape index (κ1) is 21.8. The number of carbonyl (C=O) groups excluding carboxylic acids is 1. The third-order valence-electron chi connectivity index (χ3n) is 6.14. The van der Waals surface area contributed by atoms with Crippen LogP contribution in [-0.2, 0) is 0 Å². The predicted molar refractivity (Wildman–Crippen MR) is 131 cm³/mol. The summed E-state index contributed by atoms with van der Waals surface area (Å²) in [5.41, 5.74) is 3.76. The van der Waals surface area contributed by atoms with Crippen LogP contribution in [0.4, 0.5) is 10.2 Å². The van der Waals surface area contributed by atoms with Gasteiger partial charge in [0.05, 0.1) is 11.3 Å². The highest BCUT2D eigenvalue weighted by Crippen LogP contribution is 2.26. The summed E-state index contributed by atoms with van der Waals surface area (Å²) in [6.07, 6.45) is 5.21. The topological polar surface area (TPSA) is 63.1 Å². The van der Waals surface area contributed by atoms with E-state index in [1.165, 1.54) is 12.1 Å². The van der Waals surface area contributed by atoms with E-state index in [2.05, 4.69) is 15.2 Å². The van der Waals surface area contributed by atoms with Crippen LogP contribution in [0.3, 0.4) is 0 Å². The zero-order chi connectivity index (χ0) is 23.5. The molecule has 0 saturated carbocycles. The van der Waals surface area contributed by atoms with Crippen molar-refractivity contribution in [1.29, 1.82) is 0 Å². The monoisotopic (exact) mass is 455 g/mol. The first-order chi connectivity index (χ1) is 16.6. The lowest BCUT2D eigenvalue weighted by atomic mass is 10.0. The number of nitrogens with zero attached hydrogens (tertiary/aromatic N) is 4. The molecule has 1 N–H and O–H groups in total. The molecule has 0 atom stereocenters. The Kier molecular flexibility index (Phi) is 6.08. The van der Waals surface area contributed by atoms with Gasteiger partial charge in [-0.1, -0.05) is 29.8 Å². The summed E-state index contributed by atoms with van der Waals surface area (Å²) < 4.78 is 15.1.